The van der Waals surface area contributed by atoms with Crippen molar-refractivity contribution in [2.75, 3.05) is 11.9 Å². The Labute approximate surface area is 142 Å². The van der Waals surface area contributed by atoms with Gasteiger partial charge in [-0.05, 0) is 30.3 Å². The van der Waals surface area contributed by atoms with Crippen molar-refractivity contribution >= 4 is 40.5 Å². The zero-order valence-corrected chi connectivity index (χ0v) is 13.3. The minimum atomic E-state index is -0.494. The van der Waals surface area contributed by atoms with Gasteiger partial charge < -0.3 is 10.1 Å². The fourth-order valence-corrected chi connectivity index (χ4v) is 2.07. The van der Waals surface area contributed by atoms with E-state index in [1.165, 1.54) is 24.3 Å². The molecule has 0 aromatic heterocycles. The Hall–Kier alpha value is -2.31. The number of benzene rings is 2. The van der Waals surface area contributed by atoms with Gasteiger partial charge in [0, 0.05) is 17.2 Å². The number of amides is 1. The van der Waals surface area contributed by atoms with Crippen LogP contribution in [0.3, 0.4) is 0 Å². The number of nitrogens with zero attached hydrogens (tertiary/aromatic N) is 1. The number of nitrogens with one attached hydrogen (secondary N) is 1. The van der Waals surface area contributed by atoms with Gasteiger partial charge >= 0.3 is 0 Å². The van der Waals surface area contributed by atoms with Gasteiger partial charge in [0.05, 0.1) is 28.7 Å². The maximum Gasteiger partial charge on any atom is 0.269 e. The lowest BCUT2D eigenvalue weighted by Crippen LogP contribution is -2.15. The normalized spacial score (nSPS) is 10.2. The lowest BCUT2D eigenvalue weighted by molar-refractivity contribution is -0.384. The average Bonchev–Trinajstić information content (AvgIpc) is 2.51. The molecule has 2 aromatic rings. The first-order chi connectivity index (χ1) is 11.0. The van der Waals surface area contributed by atoms with Crippen LogP contribution in [-0.2, 0) is 4.79 Å². The molecule has 0 heterocycles. The van der Waals surface area contributed by atoms with Crippen molar-refractivity contribution in [3.63, 3.8) is 0 Å². The fourth-order valence-electron chi connectivity index (χ4n) is 1.73. The van der Waals surface area contributed by atoms with Gasteiger partial charge in [0.15, 0.2) is 0 Å². The van der Waals surface area contributed by atoms with Crippen LogP contribution in [0.15, 0.2) is 42.5 Å². The number of ether oxygens (including phenoxy) is 1. The number of rotatable bonds is 6. The van der Waals surface area contributed by atoms with E-state index in [-0.39, 0.29) is 24.6 Å². The van der Waals surface area contributed by atoms with E-state index < -0.39 is 4.92 Å². The number of nitro groups is 1. The number of non-ortho nitro benzene ring substituents is 1. The molecule has 120 valence electrons. The number of hydrogen-bond donors (Lipinski definition) is 1. The first kappa shape index (κ1) is 17.1. The average molecular weight is 355 g/mol. The highest BCUT2D eigenvalue weighted by atomic mass is 35.5. The molecule has 0 unspecified atom stereocenters. The zero-order chi connectivity index (χ0) is 16.8. The Kier molecular flexibility index (Phi) is 5.78. The van der Waals surface area contributed by atoms with Crippen LogP contribution in [0.1, 0.15) is 6.42 Å². The van der Waals surface area contributed by atoms with Crippen molar-refractivity contribution in [2.45, 2.75) is 6.42 Å². The lowest BCUT2D eigenvalue weighted by atomic mass is 10.3. The van der Waals surface area contributed by atoms with Crippen LogP contribution in [0.5, 0.6) is 5.75 Å². The van der Waals surface area contributed by atoms with Gasteiger partial charge in [-0.3, -0.25) is 14.9 Å². The van der Waals surface area contributed by atoms with E-state index >= 15 is 0 Å². The first-order valence-electron chi connectivity index (χ1n) is 6.58. The van der Waals surface area contributed by atoms with E-state index in [4.69, 9.17) is 27.9 Å². The number of carbonyl (C=O) groups excluding carboxylic acids is 1. The molecule has 2 rings (SSSR count). The molecular formula is C15H12Cl2N2O4. The predicted octanol–water partition coefficient (Wildman–Crippen LogP) is 4.31. The monoisotopic (exact) mass is 354 g/mol. The van der Waals surface area contributed by atoms with Crippen molar-refractivity contribution < 1.29 is 14.5 Å². The Balaban J connectivity index is 1.82. The highest BCUT2D eigenvalue weighted by Gasteiger charge is 2.08. The van der Waals surface area contributed by atoms with Crippen molar-refractivity contribution in [1.82, 2.24) is 0 Å². The van der Waals surface area contributed by atoms with Crippen LogP contribution < -0.4 is 10.1 Å². The summed E-state index contributed by atoms with van der Waals surface area (Å²) in [5.41, 5.74) is 0.408. The molecule has 6 nitrogen and oxygen atoms in total. The third kappa shape index (κ3) is 5.12. The van der Waals surface area contributed by atoms with E-state index in [1.807, 2.05) is 0 Å². The number of anilines is 1. The molecule has 0 bridgehead atoms. The standard InChI is InChI=1S/C15H12Cl2N2O4/c16-10-1-6-13(17)14(9-10)18-15(20)7-8-23-12-4-2-11(3-5-12)19(21)22/h1-6,9H,7-8H2,(H,18,20). The number of hydrogen-bond acceptors (Lipinski definition) is 4. The summed E-state index contributed by atoms with van der Waals surface area (Å²) in [5, 5.41) is 14.0. The second-order valence-corrected chi connectivity index (χ2v) is 5.37. The van der Waals surface area contributed by atoms with Gasteiger partial charge in [-0.1, -0.05) is 23.2 Å². The Morgan fingerprint density at radius 1 is 1.17 bits per heavy atom. The van der Waals surface area contributed by atoms with Gasteiger partial charge in [-0.2, -0.15) is 0 Å². The summed E-state index contributed by atoms with van der Waals surface area (Å²) >= 11 is 11.8. The fraction of sp³-hybridized carbons (Fsp3) is 0.133. The highest BCUT2D eigenvalue weighted by Crippen LogP contribution is 2.25. The second kappa shape index (κ2) is 7.80. The smallest absolute Gasteiger partial charge is 0.269 e. The molecule has 0 atom stereocenters. The third-order valence-electron chi connectivity index (χ3n) is 2.85. The highest BCUT2D eigenvalue weighted by molar-refractivity contribution is 6.35. The maximum atomic E-state index is 11.8. The van der Waals surface area contributed by atoms with E-state index in [1.54, 1.807) is 18.2 Å². The van der Waals surface area contributed by atoms with E-state index in [2.05, 4.69) is 5.32 Å². The van der Waals surface area contributed by atoms with Crippen LogP contribution in [0, 0.1) is 10.1 Å². The molecule has 8 heteroatoms. The quantitative estimate of drug-likeness (QED) is 0.618. The molecule has 0 spiro atoms. The van der Waals surface area contributed by atoms with Gasteiger partial charge in [0.2, 0.25) is 5.91 Å². The first-order valence-corrected chi connectivity index (χ1v) is 7.33. The predicted molar refractivity (Wildman–Crippen MR) is 88.3 cm³/mol. The molecular weight excluding hydrogens is 343 g/mol. The van der Waals surface area contributed by atoms with Crippen LogP contribution in [0.25, 0.3) is 0 Å². The Bertz CT molecular complexity index is 720. The molecule has 23 heavy (non-hydrogen) atoms. The largest absolute Gasteiger partial charge is 0.493 e. The topological polar surface area (TPSA) is 81.5 Å². The minimum Gasteiger partial charge on any atom is -0.493 e. The summed E-state index contributed by atoms with van der Waals surface area (Å²) in [6.07, 6.45) is 0.0971. The summed E-state index contributed by atoms with van der Waals surface area (Å²) in [4.78, 5) is 21.9. The molecule has 1 amide bonds. The van der Waals surface area contributed by atoms with Crippen molar-refractivity contribution in [1.29, 1.82) is 0 Å². The number of carbonyl (C=O) groups is 1. The second-order valence-electron chi connectivity index (χ2n) is 4.52. The molecule has 2 aromatic carbocycles. The number of nitro benzene ring substituents is 1. The van der Waals surface area contributed by atoms with Crippen LogP contribution in [0.4, 0.5) is 11.4 Å². The summed E-state index contributed by atoms with van der Waals surface area (Å²) in [5.74, 6) is 0.167. The van der Waals surface area contributed by atoms with Crippen molar-refractivity contribution in [3.8, 4) is 5.75 Å². The van der Waals surface area contributed by atoms with Gasteiger partial charge in [-0.25, -0.2) is 0 Å². The minimum absolute atomic E-state index is 0.0225. The molecule has 0 aliphatic heterocycles. The molecule has 0 radical (unpaired) electrons. The van der Waals surface area contributed by atoms with Crippen LogP contribution in [-0.4, -0.2) is 17.4 Å². The van der Waals surface area contributed by atoms with E-state index in [0.717, 1.165) is 0 Å². The van der Waals surface area contributed by atoms with Gasteiger partial charge in [-0.15, -0.1) is 0 Å². The van der Waals surface area contributed by atoms with Gasteiger partial charge in [0.1, 0.15) is 5.75 Å². The maximum absolute atomic E-state index is 11.8. The molecule has 0 aliphatic carbocycles. The van der Waals surface area contributed by atoms with Crippen LogP contribution in [0.2, 0.25) is 10.0 Å². The molecule has 0 fully saturated rings. The Morgan fingerprint density at radius 3 is 2.52 bits per heavy atom. The van der Waals surface area contributed by atoms with E-state index in [9.17, 15) is 14.9 Å². The number of halogens is 2. The Morgan fingerprint density at radius 2 is 1.87 bits per heavy atom. The van der Waals surface area contributed by atoms with E-state index in [0.29, 0.717) is 21.5 Å². The molecule has 0 saturated heterocycles. The van der Waals surface area contributed by atoms with Crippen LogP contribution >= 0.6 is 23.2 Å². The molecule has 0 aliphatic rings. The summed E-state index contributed by atoms with van der Waals surface area (Å²) < 4.78 is 5.36. The zero-order valence-electron chi connectivity index (χ0n) is 11.8. The third-order valence-corrected chi connectivity index (χ3v) is 3.41. The molecule has 1 N–H and O–H groups in total. The lowest BCUT2D eigenvalue weighted by Gasteiger charge is -2.09. The SMILES string of the molecule is O=C(CCOc1ccc([N+](=O)[O-])cc1)Nc1cc(Cl)ccc1Cl. The van der Waals surface area contributed by atoms with Gasteiger partial charge in [0.25, 0.3) is 5.69 Å². The van der Waals surface area contributed by atoms with Crippen molar-refractivity contribution in [3.05, 3.63) is 62.6 Å². The summed E-state index contributed by atoms with van der Waals surface area (Å²) in [6, 6.07) is 10.4. The van der Waals surface area contributed by atoms with Crippen molar-refractivity contribution in [2.24, 2.45) is 0 Å². The summed E-state index contributed by atoms with van der Waals surface area (Å²) in [7, 11) is 0. The molecule has 0 saturated carbocycles. The summed E-state index contributed by atoms with van der Waals surface area (Å²) in [6.45, 7) is 0.127.